The summed E-state index contributed by atoms with van der Waals surface area (Å²) < 4.78 is 4.60. The second-order valence-electron chi connectivity index (χ2n) is 5.40. The lowest BCUT2D eigenvalue weighted by Gasteiger charge is -2.13. The molecule has 1 unspecified atom stereocenters. The molecule has 0 aliphatic rings. The number of ether oxygens (including phenoxy) is 1. The van der Waals surface area contributed by atoms with Gasteiger partial charge >= 0.3 is 5.97 Å². The van der Waals surface area contributed by atoms with Gasteiger partial charge in [0.25, 0.3) is 0 Å². The summed E-state index contributed by atoms with van der Waals surface area (Å²) in [6.07, 6.45) is 1.15. The zero-order valence-corrected chi connectivity index (χ0v) is 16.0. The maximum atomic E-state index is 11.0. The number of hydrogen-bond donors (Lipinski definition) is 3. The number of aliphatic hydroxyl groups excluding tert-OH is 1. The van der Waals surface area contributed by atoms with Gasteiger partial charge in [-0.3, -0.25) is 9.79 Å². The smallest absolute Gasteiger partial charge is 0.305 e. The number of carbonyl (C=O) groups excluding carboxylic acids is 1. The van der Waals surface area contributed by atoms with Crippen molar-refractivity contribution < 1.29 is 14.6 Å². The van der Waals surface area contributed by atoms with E-state index in [9.17, 15) is 9.90 Å². The molecule has 3 N–H and O–H groups in total. The van der Waals surface area contributed by atoms with E-state index in [1.807, 2.05) is 6.92 Å². The number of nitrogens with one attached hydrogen (secondary N) is 2. The Balaban J connectivity index is 2.49. The first-order valence-corrected chi connectivity index (χ1v) is 8.95. The van der Waals surface area contributed by atoms with Crippen molar-refractivity contribution in [1.82, 2.24) is 10.6 Å². The molecule has 25 heavy (non-hydrogen) atoms. The highest BCUT2D eigenvalue weighted by Gasteiger charge is 2.09. The van der Waals surface area contributed by atoms with Gasteiger partial charge < -0.3 is 20.5 Å². The summed E-state index contributed by atoms with van der Waals surface area (Å²) in [6, 6.07) is 4.95. The van der Waals surface area contributed by atoms with Crippen LogP contribution in [0.25, 0.3) is 0 Å². The van der Waals surface area contributed by atoms with Crippen LogP contribution in [0.2, 0.25) is 10.0 Å². The molecular formula is C17H25Cl2N3O3. The van der Waals surface area contributed by atoms with Gasteiger partial charge in [-0.15, -0.1) is 0 Å². The van der Waals surface area contributed by atoms with Gasteiger partial charge in [0.1, 0.15) is 0 Å². The van der Waals surface area contributed by atoms with Gasteiger partial charge in [-0.25, -0.2) is 0 Å². The van der Waals surface area contributed by atoms with Gasteiger partial charge in [0.15, 0.2) is 5.96 Å². The van der Waals surface area contributed by atoms with Crippen LogP contribution in [0.15, 0.2) is 23.2 Å². The highest BCUT2D eigenvalue weighted by atomic mass is 35.5. The van der Waals surface area contributed by atoms with Crippen LogP contribution in [0.5, 0.6) is 0 Å². The van der Waals surface area contributed by atoms with Crippen molar-refractivity contribution in [2.75, 3.05) is 26.7 Å². The normalized spacial score (nSPS) is 12.6. The van der Waals surface area contributed by atoms with E-state index in [1.54, 1.807) is 18.2 Å². The molecule has 0 bridgehead atoms. The first-order chi connectivity index (χ1) is 12.0. The van der Waals surface area contributed by atoms with Gasteiger partial charge in [-0.2, -0.15) is 0 Å². The Morgan fingerprint density at radius 2 is 1.92 bits per heavy atom. The zero-order chi connectivity index (χ0) is 18.7. The Morgan fingerprint density at radius 1 is 1.24 bits per heavy atom. The van der Waals surface area contributed by atoms with Crippen LogP contribution in [0, 0.1) is 0 Å². The van der Waals surface area contributed by atoms with Crippen LogP contribution in [-0.2, 0) is 9.53 Å². The number of hydrogen-bond acceptors (Lipinski definition) is 4. The average molecular weight is 390 g/mol. The molecule has 0 aliphatic carbocycles. The molecule has 0 spiro atoms. The molecule has 140 valence electrons. The third kappa shape index (κ3) is 8.95. The zero-order valence-electron chi connectivity index (χ0n) is 14.5. The third-order valence-corrected chi connectivity index (χ3v) is 3.80. The summed E-state index contributed by atoms with van der Waals surface area (Å²) in [5, 5.41) is 17.5. The first kappa shape index (κ1) is 21.5. The van der Waals surface area contributed by atoms with Gasteiger partial charge in [-0.05, 0) is 43.5 Å². The fourth-order valence-electron chi connectivity index (χ4n) is 2.10. The fourth-order valence-corrected chi connectivity index (χ4v) is 2.64. The van der Waals surface area contributed by atoms with Crippen LogP contribution in [-0.4, -0.2) is 43.8 Å². The number of carbonyl (C=O) groups is 1. The Labute approximate surface area is 158 Å². The molecule has 0 amide bonds. The number of methoxy groups -OCH3 is 1. The number of guanidine groups is 1. The van der Waals surface area contributed by atoms with Crippen LogP contribution in [0.4, 0.5) is 0 Å². The second-order valence-corrected chi connectivity index (χ2v) is 6.27. The Bertz CT molecular complexity index is 562. The molecule has 0 aliphatic heterocycles. The quantitative estimate of drug-likeness (QED) is 0.261. The number of unbranched alkanes of at least 4 members (excludes halogenated alkanes) is 1. The highest BCUT2D eigenvalue weighted by Crippen LogP contribution is 2.23. The minimum atomic E-state index is -0.800. The van der Waals surface area contributed by atoms with E-state index in [4.69, 9.17) is 23.2 Å². The first-order valence-electron chi connectivity index (χ1n) is 8.19. The molecule has 0 saturated heterocycles. The van der Waals surface area contributed by atoms with E-state index >= 15 is 0 Å². The van der Waals surface area contributed by atoms with E-state index in [1.165, 1.54) is 7.11 Å². The van der Waals surface area contributed by atoms with Crippen molar-refractivity contribution in [2.24, 2.45) is 4.99 Å². The molecule has 0 fully saturated rings. The van der Waals surface area contributed by atoms with Crippen molar-refractivity contribution >= 4 is 35.1 Å². The molecule has 0 radical (unpaired) electrons. The summed E-state index contributed by atoms with van der Waals surface area (Å²) in [4.78, 5) is 15.4. The van der Waals surface area contributed by atoms with Gasteiger partial charge in [0.2, 0.25) is 0 Å². The molecule has 1 aromatic carbocycles. The highest BCUT2D eigenvalue weighted by molar-refractivity contribution is 6.34. The van der Waals surface area contributed by atoms with Crippen molar-refractivity contribution in [3.63, 3.8) is 0 Å². The number of halogens is 2. The number of esters is 1. The summed E-state index contributed by atoms with van der Waals surface area (Å²) in [7, 11) is 1.38. The SMILES string of the molecule is CCNC(=NCC(O)c1cc(Cl)cc(Cl)c1)NCCCCC(=O)OC. The molecule has 0 saturated carbocycles. The lowest BCUT2D eigenvalue weighted by Crippen LogP contribution is -2.38. The van der Waals surface area contributed by atoms with Crippen molar-refractivity contribution in [3.8, 4) is 0 Å². The largest absolute Gasteiger partial charge is 0.469 e. The minimum absolute atomic E-state index is 0.175. The molecular weight excluding hydrogens is 365 g/mol. The van der Waals surface area contributed by atoms with Crippen LogP contribution < -0.4 is 10.6 Å². The van der Waals surface area contributed by atoms with Crippen molar-refractivity contribution in [2.45, 2.75) is 32.3 Å². The fraction of sp³-hybridized carbons (Fsp3) is 0.529. The van der Waals surface area contributed by atoms with Gasteiger partial charge in [0.05, 0.1) is 19.8 Å². The number of rotatable bonds is 9. The maximum Gasteiger partial charge on any atom is 0.305 e. The number of nitrogens with zero attached hydrogens (tertiary/aromatic N) is 1. The topological polar surface area (TPSA) is 83.0 Å². The maximum absolute atomic E-state index is 11.0. The van der Waals surface area contributed by atoms with E-state index in [0.717, 1.165) is 12.8 Å². The predicted octanol–water partition coefficient (Wildman–Crippen LogP) is 2.93. The minimum Gasteiger partial charge on any atom is -0.469 e. The Morgan fingerprint density at radius 3 is 2.52 bits per heavy atom. The molecule has 0 heterocycles. The van der Waals surface area contributed by atoms with E-state index in [2.05, 4.69) is 20.4 Å². The Kier molecular flexibility index (Phi) is 10.3. The number of aliphatic hydroxyl groups is 1. The number of aliphatic imine (C=N–C) groups is 1. The molecule has 6 nitrogen and oxygen atoms in total. The monoisotopic (exact) mass is 389 g/mol. The average Bonchev–Trinajstić information content (AvgIpc) is 2.57. The lowest BCUT2D eigenvalue weighted by atomic mass is 10.1. The summed E-state index contributed by atoms with van der Waals surface area (Å²) in [6.45, 7) is 3.50. The van der Waals surface area contributed by atoms with Crippen LogP contribution >= 0.6 is 23.2 Å². The van der Waals surface area contributed by atoms with Gasteiger partial charge in [-0.1, -0.05) is 23.2 Å². The van der Waals surface area contributed by atoms with Crippen molar-refractivity contribution in [1.29, 1.82) is 0 Å². The van der Waals surface area contributed by atoms with Gasteiger partial charge in [0, 0.05) is 29.6 Å². The van der Waals surface area contributed by atoms with E-state index in [-0.39, 0.29) is 12.5 Å². The third-order valence-electron chi connectivity index (χ3n) is 3.36. The van der Waals surface area contributed by atoms with E-state index < -0.39 is 6.10 Å². The van der Waals surface area contributed by atoms with E-state index in [0.29, 0.717) is 41.1 Å². The summed E-state index contributed by atoms with van der Waals surface area (Å²) in [5.74, 6) is 0.400. The summed E-state index contributed by atoms with van der Waals surface area (Å²) in [5.41, 5.74) is 0.621. The predicted molar refractivity (Wildman–Crippen MR) is 101 cm³/mol. The molecule has 1 rings (SSSR count). The molecule has 1 atom stereocenters. The van der Waals surface area contributed by atoms with Crippen LogP contribution in [0.1, 0.15) is 37.9 Å². The molecule has 1 aromatic rings. The second kappa shape index (κ2) is 12.0. The Hall–Kier alpha value is -1.50. The van der Waals surface area contributed by atoms with Crippen LogP contribution in [0.3, 0.4) is 0 Å². The summed E-state index contributed by atoms with van der Waals surface area (Å²) >= 11 is 11.9. The molecule has 8 heteroatoms. The standard InChI is InChI=1S/C17H25Cl2N3O3/c1-3-20-17(21-7-5-4-6-16(24)25-2)22-11-15(23)12-8-13(18)10-14(19)9-12/h8-10,15,23H,3-7,11H2,1-2H3,(H2,20,21,22). The number of benzene rings is 1. The lowest BCUT2D eigenvalue weighted by molar-refractivity contribution is -0.140. The molecule has 0 aromatic heterocycles. The van der Waals surface area contributed by atoms with Crippen molar-refractivity contribution in [3.05, 3.63) is 33.8 Å².